The van der Waals surface area contributed by atoms with Crippen molar-refractivity contribution in [1.29, 1.82) is 0 Å². The first-order valence-electron chi connectivity index (χ1n) is 5.53. The van der Waals surface area contributed by atoms with Crippen LogP contribution in [0.1, 0.15) is 18.5 Å². The molecule has 0 aliphatic carbocycles. The molecule has 0 aromatic carbocycles. The van der Waals surface area contributed by atoms with E-state index in [-0.39, 0.29) is 6.04 Å². The molecule has 0 radical (unpaired) electrons. The van der Waals surface area contributed by atoms with Gasteiger partial charge in [-0.1, -0.05) is 0 Å². The van der Waals surface area contributed by atoms with Crippen LogP contribution in [0, 0.1) is 0 Å². The molecule has 1 saturated heterocycles. The van der Waals surface area contributed by atoms with E-state index in [2.05, 4.69) is 15.0 Å². The molecule has 0 atom stereocenters. The van der Waals surface area contributed by atoms with E-state index in [1.54, 1.807) is 18.5 Å². The van der Waals surface area contributed by atoms with Crippen molar-refractivity contribution < 1.29 is 9.90 Å². The van der Waals surface area contributed by atoms with Crippen LogP contribution in [0.3, 0.4) is 0 Å². The van der Waals surface area contributed by atoms with Gasteiger partial charge in [0, 0.05) is 25.5 Å². The van der Waals surface area contributed by atoms with Gasteiger partial charge in [-0.05, 0) is 18.9 Å². The minimum atomic E-state index is -0.844. The summed E-state index contributed by atoms with van der Waals surface area (Å²) in [5, 5.41) is 8.80. The standard InChI is InChI=1S/C11H14N4O2/c16-11(17)15-5-2-9(3-6-15)13-7-10-1-4-12-8-14-10/h1,4,7-9H,2-3,5-6H2,(H,16,17). The number of hydrogen-bond donors (Lipinski definition) is 1. The molecule has 1 amide bonds. The number of aliphatic imine (C=N–C) groups is 1. The maximum absolute atomic E-state index is 10.7. The molecule has 0 saturated carbocycles. The van der Waals surface area contributed by atoms with Crippen LogP contribution >= 0.6 is 0 Å². The number of rotatable bonds is 2. The van der Waals surface area contributed by atoms with Gasteiger partial charge in [-0.2, -0.15) is 0 Å². The maximum Gasteiger partial charge on any atom is 0.407 e. The summed E-state index contributed by atoms with van der Waals surface area (Å²) < 4.78 is 0. The van der Waals surface area contributed by atoms with Crippen molar-refractivity contribution >= 4 is 12.3 Å². The fraction of sp³-hybridized carbons (Fsp3) is 0.455. The molecule has 1 fully saturated rings. The van der Waals surface area contributed by atoms with Crippen LogP contribution in [0.5, 0.6) is 0 Å². The average molecular weight is 234 g/mol. The van der Waals surface area contributed by atoms with Crippen LogP contribution in [0.2, 0.25) is 0 Å². The van der Waals surface area contributed by atoms with Gasteiger partial charge in [-0.3, -0.25) is 4.99 Å². The van der Waals surface area contributed by atoms with Gasteiger partial charge in [-0.15, -0.1) is 0 Å². The number of hydrogen-bond acceptors (Lipinski definition) is 4. The van der Waals surface area contributed by atoms with Crippen LogP contribution in [0.4, 0.5) is 4.79 Å². The summed E-state index contributed by atoms with van der Waals surface area (Å²) in [6.07, 6.45) is 5.57. The number of carbonyl (C=O) groups is 1. The number of piperidine rings is 1. The quantitative estimate of drug-likeness (QED) is 0.775. The van der Waals surface area contributed by atoms with Gasteiger partial charge in [0.2, 0.25) is 0 Å². The van der Waals surface area contributed by atoms with Crippen molar-refractivity contribution in [2.75, 3.05) is 13.1 Å². The van der Waals surface area contributed by atoms with Crippen LogP contribution in [-0.4, -0.2) is 51.4 Å². The molecule has 2 heterocycles. The summed E-state index contributed by atoms with van der Waals surface area (Å²) in [6, 6.07) is 1.98. The Kier molecular flexibility index (Phi) is 3.64. The van der Waals surface area contributed by atoms with Crippen molar-refractivity contribution in [1.82, 2.24) is 14.9 Å². The Balaban J connectivity index is 1.86. The van der Waals surface area contributed by atoms with Crippen LogP contribution < -0.4 is 0 Å². The second-order valence-corrected chi connectivity index (χ2v) is 3.91. The molecule has 0 bridgehead atoms. The van der Waals surface area contributed by atoms with Gasteiger partial charge in [0.1, 0.15) is 6.33 Å². The third-order valence-electron chi connectivity index (χ3n) is 2.76. The number of nitrogens with zero attached hydrogens (tertiary/aromatic N) is 4. The van der Waals surface area contributed by atoms with Crippen molar-refractivity contribution in [3.05, 3.63) is 24.3 Å². The summed E-state index contributed by atoms with van der Waals surface area (Å²) in [4.78, 5) is 24.4. The Labute approximate surface area is 99.0 Å². The van der Waals surface area contributed by atoms with Crippen molar-refractivity contribution in [3.8, 4) is 0 Å². The largest absolute Gasteiger partial charge is 0.465 e. The topological polar surface area (TPSA) is 78.7 Å². The van der Waals surface area contributed by atoms with Gasteiger partial charge < -0.3 is 10.0 Å². The van der Waals surface area contributed by atoms with E-state index in [1.165, 1.54) is 11.2 Å². The zero-order valence-corrected chi connectivity index (χ0v) is 9.36. The monoisotopic (exact) mass is 234 g/mol. The number of likely N-dealkylation sites (tertiary alicyclic amines) is 1. The molecule has 1 aliphatic rings. The molecular weight excluding hydrogens is 220 g/mol. The summed E-state index contributed by atoms with van der Waals surface area (Å²) in [5.74, 6) is 0. The Morgan fingerprint density at radius 2 is 2.29 bits per heavy atom. The van der Waals surface area contributed by atoms with E-state index >= 15 is 0 Å². The third-order valence-corrected chi connectivity index (χ3v) is 2.76. The lowest BCUT2D eigenvalue weighted by Gasteiger charge is -2.27. The number of amides is 1. The predicted octanol–water partition coefficient (Wildman–Crippen LogP) is 1.04. The second-order valence-electron chi connectivity index (χ2n) is 3.91. The summed E-state index contributed by atoms with van der Waals surface area (Å²) >= 11 is 0. The molecule has 1 N–H and O–H groups in total. The fourth-order valence-electron chi connectivity index (χ4n) is 1.77. The van der Waals surface area contributed by atoms with Gasteiger partial charge in [0.15, 0.2) is 0 Å². The van der Waals surface area contributed by atoms with Crippen LogP contribution in [0.15, 0.2) is 23.6 Å². The van der Waals surface area contributed by atoms with E-state index in [9.17, 15) is 4.79 Å². The molecule has 0 unspecified atom stereocenters. The van der Waals surface area contributed by atoms with Gasteiger partial charge >= 0.3 is 6.09 Å². The SMILES string of the molecule is O=C(O)N1CCC(N=Cc2ccncn2)CC1. The normalized spacial score (nSPS) is 17.5. The highest BCUT2D eigenvalue weighted by Crippen LogP contribution is 2.13. The van der Waals surface area contributed by atoms with Crippen molar-refractivity contribution in [2.45, 2.75) is 18.9 Å². The van der Waals surface area contributed by atoms with Crippen molar-refractivity contribution in [3.63, 3.8) is 0 Å². The van der Waals surface area contributed by atoms with Crippen LogP contribution in [-0.2, 0) is 0 Å². The molecule has 1 aliphatic heterocycles. The molecule has 6 nitrogen and oxygen atoms in total. The van der Waals surface area contributed by atoms with Crippen LogP contribution in [0.25, 0.3) is 0 Å². The molecule has 90 valence electrons. The second kappa shape index (κ2) is 5.38. The highest BCUT2D eigenvalue weighted by Gasteiger charge is 2.21. The zero-order chi connectivity index (χ0) is 12.1. The lowest BCUT2D eigenvalue weighted by molar-refractivity contribution is 0.132. The molecule has 0 spiro atoms. The van der Waals surface area contributed by atoms with Gasteiger partial charge in [0.25, 0.3) is 0 Å². The minimum absolute atomic E-state index is 0.195. The molecule has 6 heteroatoms. The minimum Gasteiger partial charge on any atom is -0.465 e. The third kappa shape index (κ3) is 3.24. The fourth-order valence-corrected chi connectivity index (χ4v) is 1.77. The summed E-state index contributed by atoms with van der Waals surface area (Å²) in [7, 11) is 0. The highest BCUT2D eigenvalue weighted by atomic mass is 16.4. The predicted molar refractivity (Wildman–Crippen MR) is 62.2 cm³/mol. The number of carboxylic acid groups (broad SMARTS) is 1. The first-order chi connectivity index (χ1) is 8.25. The Morgan fingerprint density at radius 1 is 1.53 bits per heavy atom. The summed E-state index contributed by atoms with van der Waals surface area (Å²) in [6.45, 7) is 1.11. The first-order valence-corrected chi connectivity index (χ1v) is 5.53. The highest BCUT2D eigenvalue weighted by molar-refractivity contribution is 5.76. The van der Waals surface area contributed by atoms with E-state index in [1.807, 2.05) is 0 Å². The van der Waals surface area contributed by atoms with Gasteiger partial charge in [-0.25, -0.2) is 14.8 Å². The van der Waals surface area contributed by atoms with Crippen molar-refractivity contribution in [2.24, 2.45) is 4.99 Å². The smallest absolute Gasteiger partial charge is 0.407 e. The lowest BCUT2D eigenvalue weighted by Crippen LogP contribution is -2.38. The molecule has 1 aromatic heterocycles. The Morgan fingerprint density at radius 3 is 2.88 bits per heavy atom. The Bertz CT molecular complexity index is 399. The molecular formula is C11H14N4O2. The number of aromatic nitrogens is 2. The first kappa shape index (κ1) is 11.5. The van der Waals surface area contributed by atoms with E-state index < -0.39 is 6.09 Å². The zero-order valence-electron chi connectivity index (χ0n) is 9.36. The maximum atomic E-state index is 10.7. The van der Waals surface area contributed by atoms with Gasteiger partial charge in [0.05, 0.1) is 11.7 Å². The van der Waals surface area contributed by atoms with E-state index in [0.717, 1.165) is 18.5 Å². The summed E-state index contributed by atoms with van der Waals surface area (Å²) in [5.41, 5.74) is 0.778. The molecule has 1 aromatic rings. The molecule has 2 rings (SSSR count). The lowest BCUT2D eigenvalue weighted by atomic mass is 10.1. The van der Waals surface area contributed by atoms with E-state index in [0.29, 0.717) is 13.1 Å². The molecule has 17 heavy (non-hydrogen) atoms. The Hall–Kier alpha value is -1.98. The van der Waals surface area contributed by atoms with E-state index in [4.69, 9.17) is 5.11 Å². The average Bonchev–Trinajstić information content (AvgIpc) is 2.38.